The second kappa shape index (κ2) is 5.16. The maximum Gasteiger partial charge on any atom is 0.337 e. The molecule has 1 aromatic carbocycles. The molecule has 19 heavy (non-hydrogen) atoms. The first-order chi connectivity index (χ1) is 8.79. The number of hydrogen-bond acceptors (Lipinski definition) is 2. The van der Waals surface area contributed by atoms with E-state index in [0.29, 0.717) is 11.5 Å². The van der Waals surface area contributed by atoms with Crippen molar-refractivity contribution >= 4 is 27.6 Å². The lowest BCUT2D eigenvalue weighted by Crippen LogP contribution is -2.26. The molecule has 0 bridgehead atoms. The molecule has 1 unspecified atom stereocenters. The number of rotatable bonds is 2. The maximum absolute atomic E-state index is 11.4. The van der Waals surface area contributed by atoms with E-state index in [1.54, 1.807) is 6.07 Å². The van der Waals surface area contributed by atoms with E-state index >= 15 is 0 Å². The zero-order valence-corrected chi connectivity index (χ0v) is 13.2. The number of aromatic carboxylic acids is 1. The molecular formula is C15H20BrNO2. The third-order valence-electron chi connectivity index (χ3n) is 3.94. The zero-order valence-electron chi connectivity index (χ0n) is 11.6. The molecule has 0 saturated carbocycles. The number of anilines is 1. The van der Waals surface area contributed by atoms with Gasteiger partial charge in [0.25, 0.3) is 0 Å². The summed E-state index contributed by atoms with van der Waals surface area (Å²) in [6.45, 7) is 8.62. The van der Waals surface area contributed by atoms with E-state index < -0.39 is 5.97 Å². The zero-order chi connectivity index (χ0) is 14.2. The van der Waals surface area contributed by atoms with Crippen molar-refractivity contribution in [2.24, 2.45) is 11.3 Å². The highest BCUT2D eigenvalue weighted by Gasteiger charge is 2.33. The largest absolute Gasteiger partial charge is 0.478 e. The minimum absolute atomic E-state index is 0.271. The molecule has 0 spiro atoms. The Hall–Kier alpha value is -1.03. The van der Waals surface area contributed by atoms with Crippen LogP contribution < -0.4 is 4.90 Å². The van der Waals surface area contributed by atoms with Crippen LogP contribution in [0.5, 0.6) is 0 Å². The predicted molar refractivity (Wildman–Crippen MR) is 80.9 cm³/mol. The highest BCUT2D eigenvalue weighted by Crippen LogP contribution is 2.37. The molecule has 1 heterocycles. The molecule has 0 aliphatic carbocycles. The molecular weight excluding hydrogens is 306 g/mol. The summed E-state index contributed by atoms with van der Waals surface area (Å²) in [5.41, 5.74) is 1.49. The van der Waals surface area contributed by atoms with E-state index in [1.807, 2.05) is 12.1 Å². The average Bonchev–Trinajstić information content (AvgIpc) is 2.77. The van der Waals surface area contributed by atoms with Gasteiger partial charge < -0.3 is 10.0 Å². The topological polar surface area (TPSA) is 40.5 Å². The van der Waals surface area contributed by atoms with Gasteiger partial charge in [-0.2, -0.15) is 0 Å². The molecule has 0 radical (unpaired) electrons. The van der Waals surface area contributed by atoms with Crippen molar-refractivity contribution in [1.82, 2.24) is 0 Å². The first kappa shape index (κ1) is 14.4. The SMILES string of the molecule is CC(C)(C)C1CCN(c2ccc(Br)cc2C(=O)O)C1. The highest BCUT2D eigenvalue weighted by molar-refractivity contribution is 9.10. The van der Waals surface area contributed by atoms with Crippen LogP contribution >= 0.6 is 15.9 Å². The van der Waals surface area contributed by atoms with E-state index in [1.165, 1.54) is 0 Å². The Kier molecular flexibility index (Phi) is 3.90. The fraction of sp³-hybridized carbons (Fsp3) is 0.533. The number of carbonyl (C=O) groups is 1. The summed E-state index contributed by atoms with van der Waals surface area (Å²) in [5, 5.41) is 9.33. The van der Waals surface area contributed by atoms with Gasteiger partial charge in [-0.1, -0.05) is 36.7 Å². The van der Waals surface area contributed by atoms with Gasteiger partial charge in [0.2, 0.25) is 0 Å². The molecule has 1 fully saturated rings. The Bertz CT molecular complexity index is 493. The fourth-order valence-corrected chi connectivity index (χ4v) is 3.00. The van der Waals surface area contributed by atoms with Gasteiger partial charge in [-0.15, -0.1) is 0 Å². The van der Waals surface area contributed by atoms with Gasteiger partial charge in [-0.3, -0.25) is 0 Å². The van der Waals surface area contributed by atoms with Crippen LogP contribution in [0.4, 0.5) is 5.69 Å². The maximum atomic E-state index is 11.4. The van der Waals surface area contributed by atoms with E-state index in [-0.39, 0.29) is 5.41 Å². The van der Waals surface area contributed by atoms with Crippen molar-refractivity contribution < 1.29 is 9.90 Å². The Morgan fingerprint density at radius 2 is 2.11 bits per heavy atom. The normalized spacial score (nSPS) is 19.8. The van der Waals surface area contributed by atoms with Crippen LogP contribution in [0.3, 0.4) is 0 Å². The quantitative estimate of drug-likeness (QED) is 0.892. The van der Waals surface area contributed by atoms with Gasteiger partial charge in [0.15, 0.2) is 0 Å². The lowest BCUT2D eigenvalue weighted by atomic mass is 9.80. The van der Waals surface area contributed by atoms with E-state index in [0.717, 1.165) is 29.7 Å². The Morgan fingerprint density at radius 1 is 1.42 bits per heavy atom. The molecule has 3 nitrogen and oxygen atoms in total. The van der Waals surface area contributed by atoms with Crippen LogP contribution in [0.2, 0.25) is 0 Å². The Morgan fingerprint density at radius 3 is 2.63 bits per heavy atom. The summed E-state index contributed by atoms with van der Waals surface area (Å²) >= 11 is 3.33. The van der Waals surface area contributed by atoms with Gasteiger partial charge in [-0.05, 0) is 36.0 Å². The molecule has 0 amide bonds. The molecule has 1 aliphatic rings. The Balaban J connectivity index is 2.27. The number of halogens is 1. The van der Waals surface area contributed by atoms with Gasteiger partial charge in [0.1, 0.15) is 0 Å². The number of carboxylic acid groups (broad SMARTS) is 1. The molecule has 1 atom stereocenters. The van der Waals surface area contributed by atoms with Crippen molar-refractivity contribution in [1.29, 1.82) is 0 Å². The summed E-state index contributed by atoms with van der Waals surface area (Å²) in [6.07, 6.45) is 1.12. The molecule has 1 aromatic rings. The van der Waals surface area contributed by atoms with Crippen LogP contribution in [-0.2, 0) is 0 Å². The van der Waals surface area contributed by atoms with Crippen molar-refractivity contribution in [2.75, 3.05) is 18.0 Å². The van der Waals surface area contributed by atoms with Crippen molar-refractivity contribution in [2.45, 2.75) is 27.2 Å². The number of hydrogen-bond donors (Lipinski definition) is 1. The number of nitrogens with zero attached hydrogens (tertiary/aromatic N) is 1. The van der Waals surface area contributed by atoms with Crippen molar-refractivity contribution in [3.8, 4) is 0 Å². The second-order valence-electron chi connectivity index (χ2n) is 6.26. The Labute approximate surface area is 122 Å². The van der Waals surface area contributed by atoms with Crippen LogP contribution in [0, 0.1) is 11.3 Å². The highest BCUT2D eigenvalue weighted by atomic mass is 79.9. The van der Waals surface area contributed by atoms with E-state index in [4.69, 9.17) is 0 Å². The molecule has 2 rings (SSSR count). The molecule has 0 aromatic heterocycles. The number of benzene rings is 1. The lowest BCUT2D eigenvalue weighted by Gasteiger charge is -2.28. The van der Waals surface area contributed by atoms with Crippen LogP contribution in [0.1, 0.15) is 37.6 Å². The monoisotopic (exact) mass is 325 g/mol. The van der Waals surface area contributed by atoms with E-state index in [9.17, 15) is 9.90 Å². The molecule has 1 aliphatic heterocycles. The molecule has 1 saturated heterocycles. The standard InChI is InChI=1S/C15H20BrNO2/c1-15(2,3)10-6-7-17(9-10)13-5-4-11(16)8-12(13)14(18)19/h4-5,8,10H,6-7,9H2,1-3H3,(H,18,19). The first-order valence-corrected chi connectivity index (χ1v) is 7.36. The van der Waals surface area contributed by atoms with Gasteiger partial charge in [-0.25, -0.2) is 4.79 Å². The third kappa shape index (κ3) is 3.11. The second-order valence-corrected chi connectivity index (χ2v) is 7.18. The molecule has 104 valence electrons. The van der Waals surface area contributed by atoms with Crippen LogP contribution in [0.15, 0.2) is 22.7 Å². The lowest BCUT2D eigenvalue weighted by molar-refractivity contribution is 0.0697. The summed E-state index contributed by atoms with van der Waals surface area (Å²) in [4.78, 5) is 13.6. The van der Waals surface area contributed by atoms with Crippen molar-refractivity contribution in [3.63, 3.8) is 0 Å². The summed E-state index contributed by atoms with van der Waals surface area (Å²) in [5.74, 6) is -0.256. The van der Waals surface area contributed by atoms with Crippen molar-refractivity contribution in [3.05, 3.63) is 28.2 Å². The summed E-state index contributed by atoms with van der Waals surface area (Å²) < 4.78 is 0.806. The number of carboxylic acids is 1. The minimum Gasteiger partial charge on any atom is -0.478 e. The first-order valence-electron chi connectivity index (χ1n) is 6.57. The minimum atomic E-state index is -0.865. The molecule has 4 heteroatoms. The van der Waals surface area contributed by atoms with Gasteiger partial charge in [0, 0.05) is 17.6 Å². The molecule has 1 N–H and O–H groups in total. The fourth-order valence-electron chi connectivity index (χ4n) is 2.64. The van der Waals surface area contributed by atoms with Crippen LogP contribution in [-0.4, -0.2) is 24.2 Å². The summed E-state index contributed by atoms with van der Waals surface area (Å²) in [7, 11) is 0. The van der Waals surface area contributed by atoms with Gasteiger partial charge >= 0.3 is 5.97 Å². The predicted octanol–water partition coefficient (Wildman–Crippen LogP) is 4.02. The van der Waals surface area contributed by atoms with Gasteiger partial charge in [0.05, 0.1) is 11.3 Å². The third-order valence-corrected chi connectivity index (χ3v) is 4.44. The average molecular weight is 326 g/mol. The smallest absolute Gasteiger partial charge is 0.337 e. The van der Waals surface area contributed by atoms with E-state index in [2.05, 4.69) is 41.6 Å². The van der Waals surface area contributed by atoms with Crippen LogP contribution in [0.25, 0.3) is 0 Å². The summed E-state index contributed by atoms with van der Waals surface area (Å²) in [6, 6.07) is 5.49.